The van der Waals surface area contributed by atoms with Crippen molar-refractivity contribution in [1.29, 1.82) is 0 Å². The summed E-state index contributed by atoms with van der Waals surface area (Å²) < 4.78 is 7.14. The van der Waals surface area contributed by atoms with Gasteiger partial charge in [0.05, 0.1) is 17.8 Å². The Kier molecular flexibility index (Phi) is 3.34. The molecule has 3 heterocycles. The lowest BCUT2D eigenvalue weighted by Gasteiger charge is -2.23. The molecule has 6 nitrogen and oxygen atoms in total. The van der Waals surface area contributed by atoms with Crippen LogP contribution in [0.5, 0.6) is 0 Å². The maximum absolute atomic E-state index is 12.3. The van der Waals surface area contributed by atoms with Gasteiger partial charge in [0.15, 0.2) is 11.1 Å². The lowest BCUT2D eigenvalue weighted by atomic mass is 9.98. The minimum Gasteiger partial charge on any atom is -0.448 e. The standard InChI is InChI=1S/C16H13N3O3S/c20-14(17-8-11-9-19-5-6-23-16(19)18-11)13-7-10-3-1-2-4-12(10)15(21)22-13/h1-6,9,13H,7-8H2,(H,17,20)/t13-/m0/s1. The summed E-state index contributed by atoms with van der Waals surface area (Å²) in [6.45, 7) is 0.308. The topological polar surface area (TPSA) is 72.7 Å². The van der Waals surface area contributed by atoms with Gasteiger partial charge in [0, 0.05) is 24.2 Å². The van der Waals surface area contributed by atoms with E-state index in [1.807, 2.05) is 34.3 Å². The summed E-state index contributed by atoms with van der Waals surface area (Å²) in [6, 6.07) is 7.19. The number of imidazole rings is 1. The quantitative estimate of drug-likeness (QED) is 0.745. The fraction of sp³-hybridized carbons (Fsp3) is 0.188. The van der Waals surface area contributed by atoms with E-state index in [-0.39, 0.29) is 5.91 Å². The highest BCUT2D eigenvalue weighted by Crippen LogP contribution is 2.20. The molecule has 1 atom stereocenters. The third-order valence-electron chi connectivity index (χ3n) is 3.77. The molecular formula is C16H13N3O3S. The van der Waals surface area contributed by atoms with E-state index in [1.54, 1.807) is 12.1 Å². The average Bonchev–Trinajstić information content (AvgIpc) is 3.14. The third-order valence-corrected chi connectivity index (χ3v) is 4.54. The summed E-state index contributed by atoms with van der Waals surface area (Å²) in [5.41, 5.74) is 2.14. The molecule has 3 aromatic rings. The first kappa shape index (κ1) is 14.0. The second kappa shape index (κ2) is 5.51. The number of carbonyl (C=O) groups is 2. The van der Waals surface area contributed by atoms with Crippen LogP contribution < -0.4 is 5.32 Å². The number of hydrogen-bond donors (Lipinski definition) is 1. The van der Waals surface area contributed by atoms with Crippen molar-refractivity contribution in [1.82, 2.24) is 14.7 Å². The predicted molar refractivity (Wildman–Crippen MR) is 84.3 cm³/mol. The number of cyclic esters (lactones) is 1. The smallest absolute Gasteiger partial charge is 0.339 e. The van der Waals surface area contributed by atoms with Crippen molar-refractivity contribution in [3.05, 3.63) is 58.9 Å². The van der Waals surface area contributed by atoms with Crippen LogP contribution in [0.2, 0.25) is 0 Å². The zero-order valence-corrected chi connectivity index (χ0v) is 12.9. The molecule has 0 unspecified atom stereocenters. The van der Waals surface area contributed by atoms with Crippen molar-refractivity contribution in [3.8, 4) is 0 Å². The van der Waals surface area contributed by atoms with Gasteiger partial charge in [-0.2, -0.15) is 0 Å². The Morgan fingerprint density at radius 2 is 2.30 bits per heavy atom. The van der Waals surface area contributed by atoms with Gasteiger partial charge in [0.2, 0.25) is 0 Å². The highest BCUT2D eigenvalue weighted by Gasteiger charge is 2.30. The van der Waals surface area contributed by atoms with E-state index in [1.165, 1.54) is 11.3 Å². The Balaban J connectivity index is 1.43. The molecule has 0 saturated heterocycles. The number of fused-ring (bicyclic) bond motifs is 2. The van der Waals surface area contributed by atoms with Gasteiger partial charge in [-0.1, -0.05) is 18.2 Å². The molecule has 0 radical (unpaired) electrons. The van der Waals surface area contributed by atoms with E-state index in [0.717, 1.165) is 16.2 Å². The summed E-state index contributed by atoms with van der Waals surface area (Å²) >= 11 is 1.53. The number of rotatable bonds is 3. The van der Waals surface area contributed by atoms with Crippen LogP contribution in [0.3, 0.4) is 0 Å². The number of aromatic nitrogens is 2. The Hall–Kier alpha value is -2.67. The maximum Gasteiger partial charge on any atom is 0.339 e. The number of benzene rings is 1. The molecule has 0 bridgehead atoms. The van der Waals surface area contributed by atoms with Gasteiger partial charge in [-0.15, -0.1) is 11.3 Å². The van der Waals surface area contributed by atoms with Crippen LogP contribution in [0.25, 0.3) is 4.96 Å². The molecule has 0 aliphatic carbocycles. The Morgan fingerprint density at radius 3 is 3.17 bits per heavy atom. The zero-order chi connectivity index (χ0) is 15.8. The van der Waals surface area contributed by atoms with Crippen molar-refractivity contribution < 1.29 is 14.3 Å². The van der Waals surface area contributed by atoms with E-state index in [0.29, 0.717) is 18.5 Å². The van der Waals surface area contributed by atoms with E-state index in [4.69, 9.17) is 4.74 Å². The molecule has 23 heavy (non-hydrogen) atoms. The first-order chi connectivity index (χ1) is 11.2. The molecule has 2 aromatic heterocycles. The minimum absolute atomic E-state index is 0.302. The van der Waals surface area contributed by atoms with Crippen LogP contribution in [-0.4, -0.2) is 27.4 Å². The summed E-state index contributed by atoms with van der Waals surface area (Å²) in [7, 11) is 0. The second-order valence-electron chi connectivity index (χ2n) is 5.30. The molecule has 116 valence electrons. The minimum atomic E-state index is -0.791. The predicted octanol–water partition coefficient (Wildman–Crippen LogP) is 1.79. The average molecular weight is 327 g/mol. The van der Waals surface area contributed by atoms with E-state index >= 15 is 0 Å². The van der Waals surface area contributed by atoms with Gasteiger partial charge in [-0.3, -0.25) is 9.20 Å². The molecule has 4 rings (SSSR count). The third kappa shape index (κ3) is 2.59. The second-order valence-corrected chi connectivity index (χ2v) is 6.17. The Labute approximate surface area is 135 Å². The van der Waals surface area contributed by atoms with Crippen LogP contribution in [0, 0.1) is 0 Å². The molecule has 0 saturated carbocycles. The van der Waals surface area contributed by atoms with Crippen LogP contribution in [0.15, 0.2) is 42.0 Å². The van der Waals surface area contributed by atoms with Crippen molar-refractivity contribution in [2.24, 2.45) is 0 Å². The number of carbonyl (C=O) groups excluding carboxylic acids is 2. The Bertz CT molecular complexity index is 870. The number of esters is 1. The number of amides is 1. The van der Waals surface area contributed by atoms with Crippen LogP contribution in [0.4, 0.5) is 0 Å². The van der Waals surface area contributed by atoms with E-state index in [9.17, 15) is 9.59 Å². The zero-order valence-electron chi connectivity index (χ0n) is 12.1. The lowest BCUT2D eigenvalue weighted by molar-refractivity contribution is -0.130. The van der Waals surface area contributed by atoms with Gasteiger partial charge in [0.25, 0.3) is 5.91 Å². The largest absolute Gasteiger partial charge is 0.448 e. The fourth-order valence-corrected chi connectivity index (χ4v) is 3.35. The molecule has 1 amide bonds. The van der Waals surface area contributed by atoms with Crippen LogP contribution in [0.1, 0.15) is 21.6 Å². The number of thiazole rings is 1. The van der Waals surface area contributed by atoms with Gasteiger partial charge in [-0.25, -0.2) is 9.78 Å². The summed E-state index contributed by atoms with van der Waals surface area (Å²) in [6.07, 6.45) is 3.39. The van der Waals surface area contributed by atoms with Gasteiger partial charge < -0.3 is 10.1 Å². The first-order valence-corrected chi connectivity index (χ1v) is 8.06. The summed E-state index contributed by atoms with van der Waals surface area (Å²) in [5, 5.41) is 4.73. The monoisotopic (exact) mass is 327 g/mol. The first-order valence-electron chi connectivity index (χ1n) is 7.18. The van der Waals surface area contributed by atoms with E-state index in [2.05, 4.69) is 10.3 Å². The summed E-state index contributed by atoms with van der Waals surface area (Å²) in [5.74, 6) is -0.751. The van der Waals surface area contributed by atoms with Gasteiger partial charge >= 0.3 is 5.97 Å². The molecule has 1 aliphatic heterocycles. The molecule has 1 N–H and O–H groups in total. The van der Waals surface area contributed by atoms with Crippen LogP contribution >= 0.6 is 11.3 Å². The lowest BCUT2D eigenvalue weighted by Crippen LogP contribution is -2.41. The van der Waals surface area contributed by atoms with Crippen LogP contribution in [-0.2, 0) is 22.5 Å². The van der Waals surface area contributed by atoms with Crippen molar-refractivity contribution in [3.63, 3.8) is 0 Å². The highest BCUT2D eigenvalue weighted by molar-refractivity contribution is 7.15. The highest BCUT2D eigenvalue weighted by atomic mass is 32.1. The molecular weight excluding hydrogens is 314 g/mol. The number of ether oxygens (including phenoxy) is 1. The molecule has 7 heteroatoms. The maximum atomic E-state index is 12.3. The molecule has 0 fully saturated rings. The number of nitrogens with one attached hydrogen (secondary N) is 1. The number of nitrogens with zero attached hydrogens (tertiary/aromatic N) is 2. The molecule has 0 spiro atoms. The van der Waals surface area contributed by atoms with Crippen molar-refractivity contribution in [2.75, 3.05) is 0 Å². The fourth-order valence-electron chi connectivity index (χ4n) is 2.63. The molecule has 1 aliphatic rings. The van der Waals surface area contributed by atoms with E-state index < -0.39 is 12.1 Å². The van der Waals surface area contributed by atoms with Crippen molar-refractivity contribution >= 4 is 28.2 Å². The Morgan fingerprint density at radius 1 is 1.43 bits per heavy atom. The normalized spacial score (nSPS) is 16.9. The molecule has 1 aromatic carbocycles. The van der Waals surface area contributed by atoms with Gasteiger partial charge in [-0.05, 0) is 11.6 Å². The number of hydrogen-bond acceptors (Lipinski definition) is 5. The van der Waals surface area contributed by atoms with Gasteiger partial charge in [0.1, 0.15) is 0 Å². The summed E-state index contributed by atoms with van der Waals surface area (Å²) in [4.78, 5) is 29.5. The SMILES string of the molecule is O=C1O[C@H](C(=O)NCc2cn3ccsc3n2)Cc2ccccc21. The van der Waals surface area contributed by atoms with Crippen molar-refractivity contribution in [2.45, 2.75) is 19.1 Å².